The second-order valence-corrected chi connectivity index (χ2v) is 6.45. The van der Waals surface area contributed by atoms with Crippen LogP contribution in [0.25, 0.3) is 0 Å². The van der Waals surface area contributed by atoms with E-state index in [1.807, 2.05) is 6.07 Å². The highest BCUT2D eigenvalue weighted by molar-refractivity contribution is 6.31. The Hall–Kier alpha value is -0.730. The summed E-state index contributed by atoms with van der Waals surface area (Å²) in [6.07, 6.45) is 5.28. The molecule has 1 aliphatic carbocycles. The number of rotatable bonds is 5. The molecule has 3 heteroatoms. The van der Waals surface area contributed by atoms with Crippen LogP contribution >= 0.6 is 11.6 Å². The van der Waals surface area contributed by atoms with Crippen molar-refractivity contribution in [3.8, 4) is 0 Å². The van der Waals surface area contributed by atoms with Gasteiger partial charge in [0.15, 0.2) is 0 Å². The molecule has 1 N–H and O–H groups in total. The Labute approximate surface area is 128 Å². The first-order valence-corrected chi connectivity index (χ1v) is 8.22. The summed E-state index contributed by atoms with van der Waals surface area (Å²) < 4.78 is 0. The van der Waals surface area contributed by atoms with Gasteiger partial charge in [-0.25, -0.2) is 0 Å². The monoisotopic (exact) mass is 294 g/mol. The van der Waals surface area contributed by atoms with Crippen molar-refractivity contribution in [2.24, 2.45) is 5.92 Å². The van der Waals surface area contributed by atoms with Crippen LogP contribution in [0.1, 0.15) is 45.1 Å². The van der Waals surface area contributed by atoms with Crippen molar-refractivity contribution in [3.63, 3.8) is 0 Å². The van der Waals surface area contributed by atoms with Gasteiger partial charge in [0.05, 0.1) is 0 Å². The van der Waals surface area contributed by atoms with E-state index >= 15 is 0 Å². The second kappa shape index (κ2) is 7.33. The van der Waals surface area contributed by atoms with Gasteiger partial charge in [-0.05, 0) is 50.3 Å². The molecule has 2 nitrogen and oxygen atoms in total. The number of anilines is 1. The Bertz CT molecular complexity index is 425. The standard InChI is InChI=1S/C17H27ClN2/c1-4-19-12-15-16(18)6-5-7-17(15)20(3)14-10-8-13(2)9-11-14/h5-7,13-14,19H,4,8-12H2,1-3H3. The van der Waals surface area contributed by atoms with Crippen LogP contribution in [0.5, 0.6) is 0 Å². The fraction of sp³-hybridized carbons (Fsp3) is 0.647. The van der Waals surface area contributed by atoms with E-state index in [1.165, 1.54) is 36.9 Å². The summed E-state index contributed by atoms with van der Waals surface area (Å²) in [6.45, 7) is 6.31. The maximum absolute atomic E-state index is 6.40. The molecule has 0 spiro atoms. The van der Waals surface area contributed by atoms with Gasteiger partial charge < -0.3 is 10.2 Å². The summed E-state index contributed by atoms with van der Waals surface area (Å²) in [5.41, 5.74) is 2.52. The number of nitrogens with zero attached hydrogens (tertiary/aromatic N) is 1. The lowest BCUT2D eigenvalue weighted by Gasteiger charge is -2.36. The molecule has 1 fully saturated rings. The van der Waals surface area contributed by atoms with Crippen LogP contribution in [-0.2, 0) is 6.54 Å². The van der Waals surface area contributed by atoms with Crippen molar-refractivity contribution in [2.45, 2.75) is 52.1 Å². The fourth-order valence-corrected chi connectivity index (χ4v) is 3.37. The van der Waals surface area contributed by atoms with E-state index in [2.05, 4.69) is 43.2 Å². The summed E-state index contributed by atoms with van der Waals surface area (Å²) in [7, 11) is 2.22. The summed E-state index contributed by atoms with van der Waals surface area (Å²) in [6, 6.07) is 6.92. The molecule has 112 valence electrons. The van der Waals surface area contributed by atoms with Gasteiger partial charge in [-0.1, -0.05) is 31.5 Å². The van der Waals surface area contributed by atoms with Gasteiger partial charge in [-0.3, -0.25) is 0 Å². The third-order valence-electron chi connectivity index (χ3n) is 4.56. The van der Waals surface area contributed by atoms with E-state index in [0.717, 1.165) is 24.0 Å². The minimum atomic E-state index is 0.657. The molecule has 1 aromatic rings. The average molecular weight is 295 g/mol. The maximum Gasteiger partial charge on any atom is 0.0471 e. The van der Waals surface area contributed by atoms with Crippen LogP contribution in [0.4, 0.5) is 5.69 Å². The number of benzene rings is 1. The van der Waals surface area contributed by atoms with Crippen LogP contribution < -0.4 is 10.2 Å². The SMILES string of the molecule is CCNCc1c(Cl)cccc1N(C)C1CCC(C)CC1. The summed E-state index contributed by atoms with van der Waals surface area (Å²) in [5, 5.41) is 4.27. The first kappa shape index (κ1) is 15.7. The molecule has 0 bridgehead atoms. The minimum absolute atomic E-state index is 0.657. The Morgan fingerprint density at radius 1 is 1.25 bits per heavy atom. The Kier molecular flexibility index (Phi) is 5.74. The third kappa shape index (κ3) is 3.67. The summed E-state index contributed by atoms with van der Waals surface area (Å²) in [5.74, 6) is 0.889. The van der Waals surface area contributed by atoms with Crippen LogP contribution in [0.3, 0.4) is 0 Å². The molecule has 0 atom stereocenters. The minimum Gasteiger partial charge on any atom is -0.371 e. The van der Waals surface area contributed by atoms with Gasteiger partial charge in [0.2, 0.25) is 0 Å². The molecule has 0 unspecified atom stereocenters. The van der Waals surface area contributed by atoms with E-state index in [1.54, 1.807) is 0 Å². The number of halogens is 1. The molecule has 0 saturated heterocycles. The van der Waals surface area contributed by atoms with Crippen molar-refractivity contribution < 1.29 is 0 Å². The smallest absolute Gasteiger partial charge is 0.0471 e. The lowest BCUT2D eigenvalue weighted by Crippen LogP contribution is -2.35. The van der Waals surface area contributed by atoms with Crippen LogP contribution in [0, 0.1) is 5.92 Å². The molecule has 1 aliphatic rings. The normalized spacial score (nSPS) is 22.8. The van der Waals surface area contributed by atoms with Crippen LogP contribution in [0.2, 0.25) is 5.02 Å². The summed E-state index contributed by atoms with van der Waals surface area (Å²) >= 11 is 6.40. The Morgan fingerprint density at radius 2 is 1.95 bits per heavy atom. The molecule has 0 amide bonds. The Morgan fingerprint density at radius 3 is 2.60 bits per heavy atom. The lowest BCUT2D eigenvalue weighted by molar-refractivity contribution is 0.340. The predicted octanol–water partition coefficient (Wildman–Crippen LogP) is 4.46. The molecule has 0 aliphatic heterocycles. The van der Waals surface area contributed by atoms with Gasteiger partial charge in [-0.2, -0.15) is 0 Å². The average Bonchev–Trinajstić information content (AvgIpc) is 2.46. The van der Waals surface area contributed by atoms with Gasteiger partial charge in [0.1, 0.15) is 0 Å². The first-order valence-electron chi connectivity index (χ1n) is 7.84. The highest BCUT2D eigenvalue weighted by atomic mass is 35.5. The molecule has 1 aromatic carbocycles. The second-order valence-electron chi connectivity index (χ2n) is 6.04. The van der Waals surface area contributed by atoms with E-state index < -0.39 is 0 Å². The molecule has 0 radical (unpaired) electrons. The van der Waals surface area contributed by atoms with E-state index in [4.69, 9.17) is 11.6 Å². The van der Waals surface area contributed by atoms with E-state index in [-0.39, 0.29) is 0 Å². The zero-order valence-electron chi connectivity index (χ0n) is 13.0. The molecule has 0 aromatic heterocycles. The maximum atomic E-state index is 6.40. The molecule has 20 heavy (non-hydrogen) atoms. The van der Waals surface area contributed by atoms with Crippen LogP contribution in [0.15, 0.2) is 18.2 Å². The van der Waals surface area contributed by atoms with Gasteiger partial charge in [0.25, 0.3) is 0 Å². The molecular weight excluding hydrogens is 268 g/mol. The number of hydrogen-bond acceptors (Lipinski definition) is 2. The highest BCUT2D eigenvalue weighted by Crippen LogP contribution is 2.33. The van der Waals surface area contributed by atoms with Crippen molar-refractivity contribution in [3.05, 3.63) is 28.8 Å². The van der Waals surface area contributed by atoms with Crippen molar-refractivity contribution in [2.75, 3.05) is 18.5 Å². The van der Waals surface area contributed by atoms with E-state index in [9.17, 15) is 0 Å². The van der Waals surface area contributed by atoms with Crippen molar-refractivity contribution >= 4 is 17.3 Å². The zero-order valence-corrected chi connectivity index (χ0v) is 13.7. The fourth-order valence-electron chi connectivity index (χ4n) is 3.13. The van der Waals surface area contributed by atoms with Crippen molar-refractivity contribution in [1.29, 1.82) is 0 Å². The van der Waals surface area contributed by atoms with Gasteiger partial charge in [-0.15, -0.1) is 0 Å². The Balaban J connectivity index is 2.16. The molecule has 0 heterocycles. The number of nitrogens with one attached hydrogen (secondary N) is 1. The predicted molar refractivity (Wildman–Crippen MR) is 88.7 cm³/mol. The highest BCUT2D eigenvalue weighted by Gasteiger charge is 2.23. The molecule has 2 rings (SSSR count). The molecule has 1 saturated carbocycles. The summed E-state index contributed by atoms with van der Waals surface area (Å²) in [4.78, 5) is 2.45. The third-order valence-corrected chi connectivity index (χ3v) is 4.91. The first-order chi connectivity index (χ1) is 9.63. The van der Waals surface area contributed by atoms with Crippen molar-refractivity contribution in [1.82, 2.24) is 5.32 Å². The number of hydrogen-bond donors (Lipinski definition) is 1. The van der Waals surface area contributed by atoms with Gasteiger partial charge in [0, 0.05) is 35.9 Å². The largest absolute Gasteiger partial charge is 0.371 e. The van der Waals surface area contributed by atoms with E-state index in [0.29, 0.717) is 6.04 Å². The zero-order chi connectivity index (χ0) is 14.5. The molecular formula is C17H27ClN2. The van der Waals surface area contributed by atoms with Crippen LogP contribution in [-0.4, -0.2) is 19.6 Å². The lowest BCUT2D eigenvalue weighted by atomic mass is 9.86. The quantitative estimate of drug-likeness (QED) is 0.862. The van der Waals surface area contributed by atoms with Gasteiger partial charge >= 0.3 is 0 Å². The topological polar surface area (TPSA) is 15.3 Å².